The zero-order chi connectivity index (χ0) is 52.3. The van der Waals surface area contributed by atoms with Gasteiger partial charge in [0.05, 0.1) is 57.3 Å². The Morgan fingerprint density at radius 1 is 1.01 bits per heavy atom. The van der Waals surface area contributed by atoms with Gasteiger partial charge in [-0.2, -0.15) is 5.26 Å². The molecule has 20 nitrogen and oxygen atoms in total. The van der Waals surface area contributed by atoms with Crippen molar-refractivity contribution in [1.29, 1.82) is 5.26 Å². The molecular formula is C51H67FN12O8. The summed E-state index contributed by atoms with van der Waals surface area (Å²) >= 11 is 0. The van der Waals surface area contributed by atoms with Gasteiger partial charge >= 0.3 is 0 Å². The van der Waals surface area contributed by atoms with Crippen LogP contribution in [0.15, 0.2) is 59.4 Å². The Morgan fingerprint density at radius 3 is 2.46 bits per heavy atom. The molecule has 9 N–H and O–H groups in total. The number of hydrogen-bond acceptors (Lipinski definition) is 15. The summed E-state index contributed by atoms with van der Waals surface area (Å²) in [5.41, 5.74) is 22.3. The van der Waals surface area contributed by atoms with Crippen LogP contribution in [0, 0.1) is 22.6 Å². The first kappa shape index (κ1) is 54.2. The van der Waals surface area contributed by atoms with Crippen molar-refractivity contribution >= 4 is 52.3 Å². The Morgan fingerprint density at radius 2 is 1.75 bits per heavy atom. The standard InChI is InChI=1S/C51H67FN12O8/c1-30(57-5)48(67)61-45(51(2,3)4)50(69)64-28-33-22-35(11-9-31(33)23-42(64)47(56)66)72-21-20-71-19-18-70-17-13-43(65)59-15-14-58-39(26-53)44-32-24-41(46(55)60-27-32)63-16-7-8-40(63)37-25-34(52)10-12-36(37)49(68)62(6)29-38(44)54/h9-12,22,24-25,27,30,40,42,45,57H,7-8,13-21,23,28-29,54H2,1-6H3,(H2,55,60)(H2,56,66)(H,59,65)(H,61,67)/t30-,40+,42-,45+/m0/s1. The highest BCUT2D eigenvalue weighted by atomic mass is 19.1. The van der Waals surface area contributed by atoms with Gasteiger partial charge in [0.2, 0.25) is 23.6 Å². The molecule has 0 unspecified atom stereocenters. The molecule has 72 heavy (non-hydrogen) atoms. The van der Waals surface area contributed by atoms with Gasteiger partial charge in [-0.1, -0.05) is 26.8 Å². The fraction of sp³-hybridized carbons (Fsp3) is 0.490. The highest BCUT2D eigenvalue weighted by Crippen LogP contribution is 2.41. The second-order valence-electron chi connectivity index (χ2n) is 19.1. The topological polar surface area (TPSA) is 286 Å². The van der Waals surface area contributed by atoms with Gasteiger partial charge in [0.15, 0.2) is 0 Å². The number of aliphatic imine (C=N–C) groups is 1. The number of carbonyl (C=O) groups is 5. The number of nitriles is 1. The van der Waals surface area contributed by atoms with E-state index in [0.717, 1.165) is 17.5 Å². The predicted molar refractivity (Wildman–Crippen MR) is 269 cm³/mol. The van der Waals surface area contributed by atoms with Crippen molar-refractivity contribution < 1.29 is 42.6 Å². The Kier molecular flexibility index (Phi) is 18.3. The smallest absolute Gasteiger partial charge is 0.254 e. The molecule has 3 aliphatic rings. The van der Waals surface area contributed by atoms with Crippen LogP contribution >= 0.6 is 0 Å². The van der Waals surface area contributed by atoms with Crippen molar-refractivity contribution in [3.05, 3.63) is 88.0 Å². The van der Waals surface area contributed by atoms with Crippen molar-refractivity contribution in [2.45, 2.75) is 84.1 Å². The molecule has 2 aromatic carbocycles. The van der Waals surface area contributed by atoms with Crippen LogP contribution in [0.2, 0.25) is 0 Å². The number of benzene rings is 2. The molecule has 1 aromatic heterocycles. The molecule has 0 spiro atoms. The zero-order valence-corrected chi connectivity index (χ0v) is 41.9. The maximum absolute atomic E-state index is 14.6. The van der Waals surface area contributed by atoms with E-state index in [2.05, 4.69) is 32.0 Å². The van der Waals surface area contributed by atoms with E-state index in [0.29, 0.717) is 41.1 Å². The van der Waals surface area contributed by atoms with E-state index in [1.54, 1.807) is 33.2 Å². The SMILES string of the molecule is CN[C@@H](C)C(=O)N[C@H](C(=O)N1Cc2cc(OCCOCCOCCC(=O)NCCN=C(C#N)C3=C(N)CN(C)C(=O)c4ccc(F)cc4[C@H]4CCCN4c4cc3cnc4N)ccc2C[C@H]1C(N)=O)C(C)(C)C. The number of fused-ring (bicyclic) bond motifs is 7. The van der Waals surface area contributed by atoms with Crippen molar-refractivity contribution in [2.24, 2.45) is 21.9 Å². The molecule has 4 atom stereocenters. The summed E-state index contributed by atoms with van der Waals surface area (Å²) in [5.74, 6) is -1.69. The van der Waals surface area contributed by atoms with Gasteiger partial charge in [0.25, 0.3) is 5.91 Å². The number of nitrogen functional groups attached to an aromatic ring is 1. The lowest BCUT2D eigenvalue weighted by molar-refractivity contribution is -0.146. The lowest BCUT2D eigenvalue weighted by Gasteiger charge is -2.40. The highest BCUT2D eigenvalue weighted by molar-refractivity contribution is 6.32. The minimum Gasteiger partial charge on any atom is -0.491 e. The molecule has 6 rings (SSSR count). The molecule has 5 amide bonds. The van der Waals surface area contributed by atoms with Crippen LogP contribution in [0.3, 0.4) is 0 Å². The molecule has 3 aliphatic heterocycles. The number of primary amides is 1. The van der Waals surface area contributed by atoms with Crippen molar-refractivity contribution in [3.8, 4) is 11.8 Å². The number of anilines is 2. The first-order chi connectivity index (χ1) is 34.3. The number of amides is 5. The Labute approximate surface area is 419 Å². The normalized spacial score (nSPS) is 17.9. The van der Waals surface area contributed by atoms with E-state index in [1.807, 2.05) is 37.8 Å². The number of rotatable bonds is 19. The number of pyridine rings is 1. The van der Waals surface area contributed by atoms with Crippen LogP contribution in [0.1, 0.15) is 85.6 Å². The first-order valence-corrected chi connectivity index (χ1v) is 24.1. The van der Waals surface area contributed by atoms with E-state index in [1.165, 1.54) is 34.2 Å². The van der Waals surface area contributed by atoms with E-state index >= 15 is 0 Å². The molecule has 3 aromatic rings. The second kappa shape index (κ2) is 24.3. The largest absolute Gasteiger partial charge is 0.491 e. The van der Waals surface area contributed by atoms with Gasteiger partial charge < -0.3 is 62.1 Å². The highest BCUT2D eigenvalue weighted by Gasteiger charge is 2.42. The number of nitrogens with one attached hydrogen (secondary N) is 3. The molecule has 0 radical (unpaired) electrons. The van der Waals surface area contributed by atoms with E-state index in [4.69, 9.17) is 31.4 Å². The third-order valence-corrected chi connectivity index (χ3v) is 13.0. The van der Waals surface area contributed by atoms with Gasteiger partial charge in [-0.3, -0.25) is 29.0 Å². The molecule has 21 heteroatoms. The molecular weight excluding hydrogens is 928 g/mol. The third-order valence-electron chi connectivity index (χ3n) is 13.0. The Balaban J connectivity index is 0.948. The quantitative estimate of drug-likeness (QED) is 0.0743. The average molecular weight is 995 g/mol. The van der Waals surface area contributed by atoms with Crippen LogP contribution in [0.25, 0.3) is 5.57 Å². The molecule has 1 saturated heterocycles. The molecule has 0 aliphatic carbocycles. The van der Waals surface area contributed by atoms with Gasteiger partial charge in [-0.25, -0.2) is 9.37 Å². The van der Waals surface area contributed by atoms with Gasteiger partial charge in [-0.05, 0) is 85.3 Å². The van der Waals surface area contributed by atoms with Crippen LogP contribution in [0.4, 0.5) is 15.9 Å². The van der Waals surface area contributed by atoms with Crippen molar-refractivity contribution in [3.63, 3.8) is 0 Å². The summed E-state index contributed by atoms with van der Waals surface area (Å²) in [6, 6.07) is 10.9. The predicted octanol–water partition coefficient (Wildman–Crippen LogP) is 2.36. The molecule has 2 bridgehead atoms. The van der Waals surface area contributed by atoms with E-state index < -0.39 is 41.2 Å². The number of allylic oxidation sites excluding steroid dienone is 1. The summed E-state index contributed by atoms with van der Waals surface area (Å²) in [7, 11) is 3.24. The van der Waals surface area contributed by atoms with Crippen LogP contribution in [-0.2, 0) is 41.6 Å². The summed E-state index contributed by atoms with van der Waals surface area (Å²) < 4.78 is 31.8. The summed E-state index contributed by atoms with van der Waals surface area (Å²) in [6.45, 7) is 9.13. The van der Waals surface area contributed by atoms with Gasteiger partial charge in [0.1, 0.15) is 47.9 Å². The number of halogens is 1. The Bertz CT molecular complexity index is 2610. The lowest BCUT2D eigenvalue weighted by Crippen LogP contribution is -2.61. The number of ether oxygens (including phenoxy) is 3. The number of aromatic nitrogens is 1. The third kappa shape index (κ3) is 13.2. The van der Waals surface area contributed by atoms with Crippen molar-refractivity contribution in [2.75, 3.05) is 83.9 Å². The number of hydrogen-bond donors (Lipinski definition) is 6. The van der Waals surface area contributed by atoms with E-state index in [9.17, 15) is 33.6 Å². The summed E-state index contributed by atoms with van der Waals surface area (Å²) in [6.07, 6.45) is 3.23. The van der Waals surface area contributed by atoms with Crippen molar-refractivity contribution in [1.82, 2.24) is 30.7 Å². The Hall–Kier alpha value is -7.15. The number of carbonyl (C=O) groups excluding carboxylic acids is 5. The molecule has 386 valence electrons. The number of nitrogens with zero attached hydrogens (tertiary/aromatic N) is 6. The number of likely N-dealkylation sites (N-methyl/N-ethyl adjacent to an activating group) is 2. The minimum atomic E-state index is -0.908. The first-order valence-electron chi connectivity index (χ1n) is 24.1. The van der Waals surface area contributed by atoms with Crippen LogP contribution in [0.5, 0.6) is 5.75 Å². The number of nitrogens with two attached hydrogens (primary N) is 3. The van der Waals surface area contributed by atoms with Crippen LogP contribution in [-0.4, -0.2) is 141 Å². The lowest BCUT2D eigenvalue weighted by atomic mass is 9.84. The maximum Gasteiger partial charge on any atom is 0.254 e. The summed E-state index contributed by atoms with van der Waals surface area (Å²) in [4.78, 5) is 79.7. The monoisotopic (exact) mass is 995 g/mol. The second-order valence-corrected chi connectivity index (χ2v) is 19.1. The van der Waals surface area contributed by atoms with Gasteiger partial charge in [-0.15, -0.1) is 0 Å². The summed E-state index contributed by atoms with van der Waals surface area (Å²) in [5, 5.41) is 18.9. The molecule has 0 saturated carbocycles. The van der Waals surface area contributed by atoms with Gasteiger partial charge in [0, 0.05) is 68.1 Å². The maximum atomic E-state index is 14.6. The zero-order valence-electron chi connectivity index (χ0n) is 41.9. The molecule has 1 fully saturated rings. The minimum absolute atomic E-state index is 0.0115. The fourth-order valence-electron chi connectivity index (χ4n) is 8.98. The fourth-order valence-corrected chi connectivity index (χ4v) is 8.98. The van der Waals surface area contributed by atoms with Crippen LogP contribution < -0.4 is 42.8 Å². The average Bonchev–Trinajstić information content (AvgIpc) is 3.84. The van der Waals surface area contributed by atoms with E-state index in [-0.39, 0.29) is 119 Å². The molecule has 4 heterocycles.